The Balaban J connectivity index is 2.44. The molecule has 0 spiro atoms. The molecule has 1 aliphatic rings. The molecule has 1 aromatic rings. The molecule has 0 saturated carbocycles. The zero-order chi connectivity index (χ0) is 13.1. The summed E-state index contributed by atoms with van der Waals surface area (Å²) in [4.78, 5) is 25.2. The predicted molar refractivity (Wildman–Crippen MR) is 68.4 cm³/mol. The fraction of sp³-hybridized carbons (Fsp3) is 0.385. The number of methoxy groups -OCH3 is 1. The highest BCUT2D eigenvalue weighted by molar-refractivity contribution is 6.16. The minimum absolute atomic E-state index is 0.180. The van der Waals surface area contributed by atoms with Crippen LogP contribution in [0, 0.1) is 0 Å². The Hall–Kier alpha value is -2.04. The molecule has 2 amide bonds. The summed E-state index contributed by atoms with van der Waals surface area (Å²) in [7, 11) is 1.49. The second kappa shape index (κ2) is 5.08. The van der Waals surface area contributed by atoms with E-state index in [9.17, 15) is 9.59 Å². The van der Waals surface area contributed by atoms with Crippen molar-refractivity contribution < 1.29 is 14.3 Å². The molecule has 1 saturated heterocycles. The van der Waals surface area contributed by atoms with E-state index in [1.165, 1.54) is 12.0 Å². The first-order chi connectivity index (χ1) is 8.63. The average molecular weight is 248 g/mol. The van der Waals surface area contributed by atoms with Crippen LogP contribution in [-0.4, -0.2) is 18.9 Å². The lowest BCUT2D eigenvalue weighted by Crippen LogP contribution is -2.35. The average Bonchev–Trinajstić information content (AvgIpc) is 2.51. The fourth-order valence-corrected chi connectivity index (χ4v) is 2.06. The molecule has 0 bridgehead atoms. The summed E-state index contributed by atoms with van der Waals surface area (Å²) >= 11 is 0. The second-order valence-corrected chi connectivity index (χ2v) is 4.26. The van der Waals surface area contributed by atoms with Gasteiger partial charge in [0.05, 0.1) is 12.8 Å². The molecule has 0 radical (unpaired) electrons. The quantitative estimate of drug-likeness (QED) is 0.638. The maximum atomic E-state index is 12.0. The van der Waals surface area contributed by atoms with Crippen LogP contribution in [0.4, 0.5) is 11.4 Å². The zero-order valence-electron chi connectivity index (χ0n) is 10.3. The van der Waals surface area contributed by atoms with E-state index in [0.717, 1.165) is 12.8 Å². The molecule has 2 N–H and O–H groups in total. The van der Waals surface area contributed by atoms with Crippen LogP contribution < -0.4 is 15.4 Å². The molecule has 0 atom stereocenters. The van der Waals surface area contributed by atoms with Gasteiger partial charge in [-0.25, -0.2) is 4.90 Å². The Kier molecular flexibility index (Phi) is 3.50. The standard InChI is InChI=1S/C13H16N2O3/c1-18-11-8-9(14)6-7-10(11)15-12(16)4-2-3-5-13(15)17/h6-8H,2-5,14H2,1H3. The Morgan fingerprint density at radius 2 is 1.78 bits per heavy atom. The first kappa shape index (κ1) is 12.4. The number of nitrogens with two attached hydrogens (primary N) is 1. The molecule has 5 heteroatoms. The zero-order valence-corrected chi connectivity index (χ0v) is 10.3. The number of carbonyl (C=O) groups excluding carboxylic acids is 2. The van der Waals surface area contributed by atoms with Gasteiger partial charge < -0.3 is 10.5 Å². The van der Waals surface area contributed by atoms with Crippen LogP contribution in [0.1, 0.15) is 25.7 Å². The lowest BCUT2D eigenvalue weighted by molar-refractivity contribution is -0.125. The third-order valence-corrected chi connectivity index (χ3v) is 2.97. The van der Waals surface area contributed by atoms with Crippen molar-refractivity contribution >= 4 is 23.2 Å². The minimum atomic E-state index is -0.180. The molecule has 1 fully saturated rings. The van der Waals surface area contributed by atoms with Crippen molar-refractivity contribution in [3.8, 4) is 5.75 Å². The summed E-state index contributed by atoms with van der Waals surface area (Å²) in [5.74, 6) is 0.0831. The molecule has 0 aliphatic carbocycles. The van der Waals surface area contributed by atoms with Crippen molar-refractivity contribution in [2.75, 3.05) is 17.7 Å². The van der Waals surface area contributed by atoms with Gasteiger partial charge in [0, 0.05) is 24.6 Å². The first-order valence-corrected chi connectivity index (χ1v) is 5.93. The molecule has 96 valence electrons. The van der Waals surface area contributed by atoms with Crippen LogP contribution >= 0.6 is 0 Å². The largest absolute Gasteiger partial charge is 0.494 e. The Morgan fingerprint density at radius 1 is 1.17 bits per heavy atom. The molecule has 0 unspecified atom stereocenters. The van der Waals surface area contributed by atoms with Crippen LogP contribution in [0.2, 0.25) is 0 Å². The molecule has 5 nitrogen and oxygen atoms in total. The van der Waals surface area contributed by atoms with Gasteiger partial charge in [-0.3, -0.25) is 9.59 Å². The monoisotopic (exact) mass is 248 g/mol. The summed E-state index contributed by atoms with van der Waals surface area (Å²) in [5, 5.41) is 0. The summed E-state index contributed by atoms with van der Waals surface area (Å²) in [6.45, 7) is 0. The van der Waals surface area contributed by atoms with E-state index in [2.05, 4.69) is 0 Å². The number of ether oxygens (including phenoxy) is 1. The number of nitrogens with zero attached hydrogens (tertiary/aromatic N) is 1. The first-order valence-electron chi connectivity index (χ1n) is 5.93. The van der Waals surface area contributed by atoms with Gasteiger partial charge in [-0.2, -0.15) is 0 Å². The van der Waals surface area contributed by atoms with Gasteiger partial charge >= 0.3 is 0 Å². The van der Waals surface area contributed by atoms with Crippen molar-refractivity contribution in [1.82, 2.24) is 0 Å². The number of hydrogen-bond acceptors (Lipinski definition) is 4. The highest BCUT2D eigenvalue weighted by Gasteiger charge is 2.27. The number of anilines is 2. The van der Waals surface area contributed by atoms with Crippen LogP contribution in [0.3, 0.4) is 0 Å². The minimum Gasteiger partial charge on any atom is -0.494 e. The fourth-order valence-electron chi connectivity index (χ4n) is 2.06. The van der Waals surface area contributed by atoms with Crippen molar-refractivity contribution in [2.24, 2.45) is 0 Å². The van der Waals surface area contributed by atoms with E-state index in [1.54, 1.807) is 18.2 Å². The molecule has 1 heterocycles. The topological polar surface area (TPSA) is 72.6 Å². The molecule has 1 aromatic carbocycles. The van der Waals surface area contributed by atoms with Gasteiger partial charge in [-0.1, -0.05) is 0 Å². The Morgan fingerprint density at radius 3 is 2.33 bits per heavy atom. The maximum absolute atomic E-state index is 12.0. The number of rotatable bonds is 2. The van der Waals surface area contributed by atoms with Crippen molar-refractivity contribution in [2.45, 2.75) is 25.7 Å². The summed E-state index contributed by atoms with van der Waals surface area (Å²) < 4.78 is 5.19. The summed E-state index contributed by atoms with van der Waals surface area (Å²) in [5.41, 5.74) is 6.67. The lowest BCUT2D eigenvalue weighted by atomic mass is 10.2. The third-order valence-electron chi connectivity index (χ3n) is 2.97. The number of imide groups is 1. The third kappa shape index (κ3) is 2.30. The summed E-state index contributed by atoms with van der Waals surface area (Å²) in [6.07, 6.45) is 2.27. The normalized spacial score (nSPS) is 16.6. The molecule has 0 aromatic heterocycles. The van der Waals surface area contributed by atoms with E-state index >= 15 is 0 Å². The van der Waals surface area contributed by atoms with Gasteiger partial charge in [0.2, 0.25) is 11.8 Å². The van der Waals surface area contributed by atoms with Gasteiger partial charge in [-0.05, 0) is 25.0 Å². The highest BCUT2D eigenvalue weighted by Crippen LogP contribution is 2.32. The van der Waals surface area contributed by atoms with Crippen LogP contribution in [0.15, 0.2) is 18.2 Å². The molecule has 1 aliphatic heterocycles. The maximum Gasteiger partial charge on any atom is 0.233 e. The highest BCUT2D eigenvalue weighted by atomic mass is 16.5. The van der Waals surface area contributed by atoms with Gasteiger partial charge in [0.1, 0.15) is 5.75 Å². The van der Waals surface area contributed by atoms with Crippen molar-refractivity contribution in [3.63, 3.8) is 0 Å². The Bertz CT molecular complexity index is 467. The van der Waals surface area contributed by atoms with Gasteiger partial charge in [0.15, 0.2) is 0 Å². The summed E-state index contributed by atoms with van der Waals surface area (Å²) in [6, 6.07) is 4.92. The number of nitrogen functional groups attached to an aromatic ring is 1. The van der Waals surface area contributed by atoms with Crippen LogP contribution in [0.25, 0.3) is 0 Å². The van der Waals surface area contributed by atoms with Crippen LogP contribution in [0.5, 0.6) is 5.75 Å². The number of amides is 2. The van der Waals surface area contributed by atoms with Crippen LogP contribution in [-0.2, 0) is 9.59 Å². The lowest BCUT2D eigenvalue weighted by Gasteiger charge is -2.21. The van der Waals surface area contributed by atoms with E-state index < -0.39 is 0 Å². The molecule has 18 heavy (non-hydrogen) atoms. The molecule has 2 rings (SSSR count). The van der Waals surface area contributed by atoms with E-state index in [-0.39, 0.29) is 11.8 Å². The predicted octanol–water partition coefficient (Wildman–Crippen LogP) is 1.71. The number of carbonyl (C=O) groups is 2. The number of hydrogen-bond donors (Lipinski definition) is 1. The SMILES string of the molecule is COc1cc(N)ccc1N1C(=O)CCCCC1=O. The van der Waals surface area contributed by atoms with E-state index in [1.807, 2.05) is 0 Å². The van der Waals surface area contributed by atoms with Crippen molar-refractivity contribution in [3.05, 3.63) is 18.2 Å². The van der Waals surface area contributed by atoms with E-state index in [0.29, 0.717) is 30.0 Å². The second-order valence-electron chi connectivity index (χ2n) is 4.26. The Labute approximate surface area is 106 Å². The smallest absolute Gasteiger partial charge is 0.233 e. The van der Waals surface area contributed by atoms with Gasteiger partial charge in [0.25, 0.3) is 0 Å². The van der Waals surface area contributed by atoms with Crippen molar-refractivity contribution in [1.29, 1.82) is 0 Å². The molecular formula is C13H16N2O3. The molecular weight excluding hydrogens is 232 g/mol. The van der Waals surface area contributed by atoms with Gasteiger partial charge in [-0.15, -0.1) is 0 Å². The van der Waals surface area contributed by atoms with E-state index in [4.69, 9.17) is 10.5 Å². The number of benzene rings is 1.